The van der Waals surface area contributed by atoms with Gasteiger partial charge in [-0.05, 0) is 36.0 Å². The van der Waals surface area contributed by atoms with Crippen LogP contribution in [0.4, 0.5) is 0 Å². The van der Waals surface area contributed by atoms with Gasteiger partial charge in [-0.2, -0.15) is 0 Å². The molecule has 0 bridgehead atoms. The summed E-state index contributed by atoms with van der Waals surface area (Å²) in [5.41, 5.74) is 1.04. The van der Waals surface area contributed by atoms with E-state index in [1.54, 1.807) is 21.3 Å². The number of benzene rings is 1. The van der Waals surface area contributed by atoms with Crippen molar-refractivity contribution in [1.82, 2.24) is 0 Å². The molecule has 19 heavy (non-hydrogen) atoms. The van der Waals surface area contributed by atoms with E-state index in [0.29, 0.717) is 17.2 Å². The van der Waals surface area contributed by atoms with E-state index >= 15 is 0 Å². The van der Waals surface area contributed by atoms with Crippen molar-refractivity contribution in [1.29, 1.82) is 0 Å². The third-order valence-corrected chi connectivity index (χ3v) is 3.47. The Labute approximate surface area is 112 Å². The highest BCUT2D eigenvalue weighted by molar-refractivity contribution is 5.68. The van der Waals surface area contributed by atoms with E-state index in [2.05, 4.69) is 0 Å². The van der Waals surface area contributed by atoms with Gasteiger partial charge in [-0.1, -0.05) is 0 Å². The quantitative estimate of drug-likeness (QED) is 0.855. The van der Waals surface area contributed by atoms with Crippen LogP contribution in [0.3, 0.4) is 0 Å². The van der Waals surface area contributed by atoms with E-state index in [1.165, 1.54) is 0 Å². The van der Waals surface area contributed by atoms with Crippen molar-refractivity contribution in [3.8, 4) is 17.2 Å². The van der Waals surface area contributed by atoms with Crippen LogP contribution in [-0.4, -0.2) is 32.4 Å². The SMILES string of the molecule is COc1cc(C2CC2CC(=O)O)cc(OC)c1OC. The minimum atomic E-state index is -0.750. The summed E-state index contributed by atoms with van der Waals surface area (Å²) in [6.45, 7) is 0. The molecular formula is C14H18O5. The molecule has 2 unspecified atom stereocenters. The number of carboxylic acids is 1. The van der Waals surface area contributed by atoms with Gasteiger partial charge in [0.05, 0.1) is 21.3 Å². The highest BCUT2D eigenvalue weighted by Crippen LogP contribution is 2.52. The highest BCUT2D eigenvalue weighted by atomic mass is 16.5. The average Bonchev–Trinajstić information content (AvgIpc) is 3.15. The molecule has 0 radical (unpaired) electrons. The third-order valence-electron chi connectivity index (χ3n) is 3.47. The molecule has 5 heteroatoms. The third kappa shape index (κ3) is 2.75. The van der Waals surface area contributed by atoms with Gasteiger partial charge in [0.2, 0.25) is 5.75 Å². The first-order chi connectivity index (χ1) is 9.10. The van der Waals surface area contributed by atoms with Crippen LogP contribution >= 0.6 is 0 Å². The predicted octanol–water partition coefficient (Wildman–Crippen LogP) is 2.29. The Morgan fingerprint density at radius 3 is 2.21 bits per heavy atom. The molecule has 1 aromatic rings. The van der Waals surface area contributed by atoms with Gasteiger partial charge in [0.25, 0.3) is 0 Å². The Morgan fingerprint density at radius 1 is 1.21 bits per heavy atom. The van der Waals surface area contributed by atoms with Crippen molar-refractivity contribution < 1.29 is 24.1 Å². The van der Waals surface area contributed by atoms with Gasteiger partial charge in [-0.15, -0.1) is 0 Å². The number of rotatable bonds is 6. The summed E-state index contributed by atoms with van der Waals surface area (Å²) in [7, 11) is 4.70. The van der Waals surface area contributed by atoms with Crippen molar-refractivity contribution in [2.45, 2.75) is 18.8 Å². The topological polar surface area (TPSA) is 65.0 Å². The zero-order valence-electron chi connectivity index (χ0n) is 11.3. The minimum absolute atomic E-state index is 0.209. The molecule has 0 heterocycles. The zero-order valence-corrected chi connectivity index (χ0v) is 11.3. The summed E-state index contributed by atoms with van der Waals surface area (Å²) in [4.78, 5) is 10.7. The van der Waals surface area contributed by atoms with E-state index in [1.807, 2.05) is 12.1 Å². The maximum absolute atomic E-state index is 10.7. The van der Waals surface area contributed by atoms with Crippen LogP contribution in [0, 0.1) is 5.92 Å². The van der Waals surface area contributed by atoms with E-state index < -0.39 is 5.97 Å². The molecule has 104 valence electrons. The van der Waals surface area contributed by atoms with Crippen molar-refractivity contribution in [2.24, 2.45) is 5.92 Å². The number of carbonyl (C=O) groups is 1. The summed E-state index contributed by atoms with van der Waals surface area (Å²) >= 11 is 0. The number of carboxylic acid groups (broad SMARTS) is 1. The molecule has 1 N–H and O–H groups in total. The molecule has 0 aromatic heterocycles. The molecule has 0 spiro atoms. The van der Waals surface area contributed by atoms with E-state index in [-0.39, 0.29) is 18.3 Å². The van der Waals surface area contributed by atoms with Crippen LogP contribution in [0.15, 0.2) is 12.1 Å². The number of methoxy groups -OCH3 is 3. The zero-order chi connectivity index (χ0) is 14.0. The van der Waals surface area contributed by atoms with Crippen molar-refractivity contribution in [3.05, 3.63) is 17.7 Å². The minimum Gasteiger partial charge on any atom is -0.493 e. The second-order valence-electron chi connectivity index (χ2n) is 4.66. The normalized spacial score (nSPS) is 20.8. The van der Waals surface area contributed by atoms with Gasteiger partial charge in [0.1, 0.15) is 0 Å². The van der Waals surface area contributed by atoms with E-state index in [9.17, 15) is 4.79 Å². The largest absolute Gasteiger partial charge is 0.493 e. The van der Waals surface area contributed by atoms with Crippen molar-refractivity contribution >= 4 is 5.97 Å². The van der Waals surface area contributed by atoms with Crippen molar-refractivity contribution in [3.63, 3.8) is 0 Å². The van der Waals surface area contributed by atoms with Gasteiger partial charge < -0.3 is 19.3 Å². The first kappa shape index (κ1) is 13.5. The first-order valence-electron chi connectivity index (χ1n) is 6.12. The summed E-state index contributed by atoms with van der Waals surface area (Å²) < 4.78 is 15.8. The highest BCUT2D eigenvalue weighted by Gasteiger charge is 2.40. The Bertz CT molecular complexity index is 458. The van der Waals surface area contributed by atoms with E-state index in [0.717, 1.165) is 12.0 Å². The molecule has 0 amide bonds. The summed E-state index contributed by atoms with van der Waals surface area (Å²) in [5, 5.41) is 8.80. The fraction of sp³-hybridized carbons (Fsp3) is 0.500. The van der Waals surface area contributed by atoms with Gasteiger partial charge in [0, 0.05) is 6.42 Å². The molecule has 1 aliphatic rings. The van der Waals surface area contributed by atoms with Gasteiger partial charge in [-0.25, -0.2) is 0 Å². The average molecular weight is 266 g/mol. The monoisotopic (exact) mass is 266 g/mol. The predicted molar refractivity (Wildman–Crippen MR) is 69.2 cm³/mol. The molecule has 1 aliphatic carbocycles. The standard InChI is InChI=1S/C14H18O5/c1-17-11-5-9(6-12(18-2)14(11)19-3)10-4-8(10)7-13(15)16/h5-6,8,10H,4,7H2,1-3H3,(H,15,16). The first-order valence-corrected chi connectivity index (χ1v) is 6.12. The summed E-state index contributed by atoms with van der Waals surface area (Å²) in [6.07, 6.45) is 1.10. The smallest absolute Gasteiger partial charge is 0.303 e. The number of aliphatic carboxylic acids is 1. The van der Waals surface area contributed by atoms with Crippen LogP contribution in [0.2, 0.25) is 0 Å². The lowest BCUT2D eigenvalue weighted by Gasteiger charge is -2.14. The summed E-state index contributed by atoms with van der Waals surface area (Å²) in [5.74, 6) is 1.50. The molecular weight excluding hydrogens is 248 g/mol. The van der Waals surface area contributed by atoms with Crippen LogP contribution in [0.5, 0.6) is 17.2 Å². The lowest BCUT2D eigenvalue weighted by atomic mass is 10.1. The molecule has 5 nitrogen and oxygen atoms in total. The van der Waals surface area contributed by atoms with Crippen LogP contribution in [0.25, 0.3) is 0 Å². The maximum atomic E-state index is 10.7. The number of hydrogen-bond acceptors (Lipinski definition) is 4. The van der Waals surface area contributed by atoms with Crippen LogP contribution in [-0.2, 0) is 4.79 Å². The molecule has 2 rings (SSSR count). The number of ether oxygens (including phenoxy) is 3. The maximum Gasteiger partial charge on any atom is 0.303 e. The summed E-state index contributed by atoms with van der Waals surface area (Å²) in [6, 6.07) is 3.79. The Balaban J connectivity index is 2.25. The molecule has 1 aromatic carbocycles. The Kier molecular flexibility index (Phi) is 3.83. The lowest BCUT2D eigenvalue weighted by molar-refractivity contribution is -0.137. The van der Waals surface area contributed by atoms with Crippen molar-refractivity contribution in [2.75, 3.05) is 21.3 Å². The fourth-order valence-corrected chi connectivity index (χ4v) is 2.42. The van der Waals surface area contributed by atoms with Crippen LogP contribution in [0.1, 0.15) is 24.3 Å². The molecule has 2 atom stereocenters. The van der Waals surface area contributed by atoms with Crippen LogP contribution < -0.4 is 14.2 Å². The van der Waals surface area contributed by atoms with Gasteiger partial charge in [-0.3, -0.25) is 4.79 Å². The molecule has 1 saturated carbocycles. The lowest BCUT2D eigenvalue weighted by Crippen LogP contribution is -1.99. The number of hydrogen-bond donors (Lipinski definition) is 1. The fourth-order valence-electron chi connectivity index (χ4n) is 2.42. The molecule has 1 fully saturated rings. The molecule has 0 saturated heterocycles. The Hall–Kier alpha value is -1.91. The van der Waals surface area contributed by atoms with Gasteiger partial charge >= 0.3 is 5.97 Å². The van der Waals surface area contributed by atoms with Gasteiger partial charge in [0.15, 0.2) is 11.5 Å². The second-order valence-corrected chi connectivity index (χ2v) is 4.66. The second kappa shape index (κ2) is 5.38. The van der Waals surface area contributed by atoms with E-state index in [4.69, 9.17) is 19.3 Å². The molecule has 0 aliphatic heterocycles. The Morgan fingerprint density at radius 2 is 1.79 bits per heavy atom.